The second kappa shape index (κ2) is 6.24. The van der Waals surface area contributed by atoms with Crippen molar-refractivity contribution in [3.8, 4) is 5.75 Å². The average molecular weight is 247 g/mol. The van der Waals surface area contributed by atoms with E-state index in [1.807, 2.05) is 18.2 Å². The molecule has 0 bridgehead atoms. The van der Waals surface area contributed by atoms with Crippen LogP contribution in [0.25, 0.3) is 0 Å². The van der Waals surface area contributed by atoms with E-state index in [2.05, 4.69) is 13.8 Å². The molecule has 0 saturated heterocycles. The minimum absolute atomic E-state index is 0.428. The quantitative estimate of drug-likeness (QED) is 0.696. The predicted octanol–water partition coefficient (Wildman–Crippen LogP) is 4.50. The first kappa shape index (κ1) is 12.7. The largest absolute Gasteiger partial charge is 0.492 e. The van der Waals surface area contributed by atoms with Crippen molar-refractivity contribution in [3.05, 3.63) is 28.8 Å². The second-order valence-electron chi connectivity index (χ2n) is 3.89. The molecule has 15 heavy (non-hydrogen) atoms. The van der Waals surface area contributed by atoms with Gasteiger partial charge in [0.2, 0.25) is 0 Å². The Labute approximate surface area is 101 Å². The molecule has 0 aromatic heterocycles. The molecule has 1 nitrogen and oxygen atoms in total. The summed E-state index contributed by atoms with van der Waals surface area (Å²) in [6.07, 6.45) is 1.02. The fourth-order valence-corrected chi connectivity index (χ4v) is 1.68. The molecule has 0 radical (unpaired) electrons. The number of hydrogen-bond acceptors (Lipinski definition) is 1. The minimum atomic E-state index is 0.428. The van der Waals surface area contributed by atoms with E-state index in [4.69, 9.17) is 27.9 Å². The van der Waals surface area contributed by atoms with E-state index >= 15 is 0 Å². The third kappa shape index (κ3) is 3.92. The molecule has 0 atom stereocenters. The van der Waals surface area contributed by atoms with Crippen molar-refractivity contribution in [1.29, 1.82) is 0 Å². The molecule has 0 aliphatic rings. The molecule has 0 amide bonds. The Morgan fingerprint density at radius 3 is 2.67 bits per heavy atom. The van der Waals surface area contributed by atoms with Crippen LogP contribution < -0.4 is 4.74 Å². The maximum Gasteiger partial charge on any atom is 0.142 e. The highest BCUT2D eigenvalue weighted by Crippen LogP contribution is 2.29. The lowest BCUT2D eigenvalue weighted by Gasteiger charge is -2.12. The average Bonchev–Trinajstić information content (AvgIpc) is 2.20. The van der Waals surface area contributed by atoms with Gasteiger partial charge in [0.15, 0.2) is 0 Å². The lowest BCUT2D eigenvalue weighted by Crippen LogP contribution is -2.03. The molecule has 0 N–H and O–H groups in total. The Kier molecular flexibility index (Phi) is 5.27. The number of rotatable bonds is 5. The van der Waals surface area contributed by atoms with E-state index in [0.717, 1.165) is 17.7 Å². The van der Waals surface area contributed by atoms with Crippen LogP contribution >= 0.6 is 23.2 Å². The SMILES string of the molecule is CC(C)CCOc1c(Cl)cccc1CCl. The summed E-state index contributed by atoms with van der Waals surface area (Å²) in [5.41, 5.74) is 0.952. The van der Waals surface area contributed by atoms with E-state index in [9.17, 15) is 0 Å². The zero-order chi connectivity index (χ0) is 11.3. The number of hydrogen-bond donors (Lipinski definition) is 0. The zero-order valence-corrected chi connectivity index (χ0v) is 10.6. The van der Waals surface area contributed by atoms with E-state index < -0.39 is 0 Å². The van der Waals surface area contributed by atoms with Crippen molar-refractivity contribution < 1.29 is 4.74 Å². The molecule has 3 heteroatoms. The van der Waals surface area contributed by atoms with Gasteiger partial charge in [0.1, 0.15) is 5.75 Å². The Balaban J connectivity index is 2.66. The van der Waals surface area contributed by atoms with Crippen molar-refractivity contribution in [1.82, 2.24) is 0 Å². The Bertz CT molecular complexity index is 310. The normalized spacial score (nSPS) is 10.7. The van der Waals surface area contributed by atoms with Crippen LogP contribution in [0.4, 0.5) is 0 Å². The first-order chi connectivity index (χ1) is 7.15. The van der Waals surface area contributed by atoms with Crippen LogP contribution in [-0.2, 0) is 5.88 Å². The lowest BCUT2D eigenvalue weighted by atomic mass is 10.1. The van der Waals surface area contributed by atoms with Gasteiger partial charge < -0.3 is 4.74 Å². The van der Waals surface area contributed by atoms with E-state index in [1.54, 1.807) is 0 Å². The highest BCUT2D eigenvalue weighted by Gasteiger charge is 2.07. The maximum absolute atomic E-state index is 6.04. The van der Waals surface area contributed by atoms with Crippen molar-refractivity contribution in [2.75, 3.05) is 6.61 Å². The van der Waals surface area contributed by atoms with Crippen molar-refractivity contribution in [2.24, 2.45) is 5.92 Å². The van der Waals surface area contributed by atoms with Crippen LogP contribution in [0, 0.1) is 5.92 Å². The number of benzene rings is 1. The van der Waals surface area contributed by atoms with Crippen molar-refractivity contribution in [3.63, 3.8) is 0 Å². The Hall–Kier alpha value is -0.400. The summed E-state index contributed by atoms with van der Waals surface area (Å²) < 4.78 is 5.65. The molecule has 1 aromatic rings. The van der Waals surface area contributed by atoms with Crippen LogP contribution in [0.3, 0.4) is 0 Å². The molecule has 0 spiro atoms. The smallest absolute Gasteiger partial charge is 0.142 e. The predicted molar refractivity (Wildman–Crippen MR) is 66.0 cm³/mol. The fraction of sp³-hybridized carbons (Fsp3) is 0.500. The molecular formula is C12H16Cl2O. The summed E-state index contributed by atoms with van der Waals surface area (Å²) in [5, 5.41) is 0.636. The molecule has 1 aromatic carbocycles. The van der Waals surface area contributed by atoms with Gasteiger partial charge >= 0.3 is 0 Å². The van der Waals surface area contributed by atoms with Gasteiger partial charge in [-0.1, -0.05) is 37.6 Å². The zero-order valence-electron chi connectivity index (χ0n) is 9.09. The molecule has 0 heterocycles. The third-order valence-corrected chi connectivity index (χ3v) is 2.72. The lowest BCUT2D eigenvalue weighted by molar-refractivity contribution is 0.288. The van der Waals surface area contributed by atoms with Crippen molar-refractivity contribution >= 4 is 23.2 Å². The number of alkyl halides is 1. The van der Waals surface area contributed by atoms with Gasteiger partial charge in [0.25, 0.3) is 0 Å². The minimum Gasteiger partial charge on any atom is -0.492 e. The monoisotopic (exact) mass is 246 g/mol. The van der Waals surface area contributed by atoms with Gasteiger partial charge in [-0.25, -0.2) is 0 Å². The molecule has 84 valence electrons. The van der Waals surface area contributed by atoms with Gasteiger partial charge in [-0.2, -0.15) is 0 Å². The Morgan fingerprint density at radius 1 is 1.33 bits per heavy atom. The van der Waals surface area contributed by atoms with Gasteiger partial charge in [-0.3, -0.25) is 0 Å². The van der Waals surface area contributed by atoms with Gasteiger partial charge in [-0.15, -0.1) is 11.6 Å². The van der Waals surface area contributed by atoms with Crippen LogP contribution in [-0.4, -0.2) is 6.61 Å². The molecule has 0 aliphatic carbocycles. The first-order valence-corrected chi connectivity index (χ1v) is 6.02. The molecule has 0 aliphatic heterocycles. The summed E-state index contributed by atoms with van der Waals surface area (Å²) >= 11 is 11.8. The van der Waals surface area contributed by atoms with Gasteiger partial charge in [0.05, 0.1) is 17.5 Å². The summed E-state index contributed by atoms with van der Waals surface area (Å²) in [5.74, 6) is 1.79. The molecule has 1 rings (SSSR count). The number of halogens is 2. The highest BCUT2D eigenvalue weighted by molar-refractivity contribution is 6.32. The van der Waals surface area contributed by atoms with Crippen LogP contribution in [0.2, 0.25) is 5.02 Å². The maximum atomic E-state index is 6.04. The third-order valence-electron chi connectivity index (χ3n) is 2.13. The Morgan fingerprint density at radius 2 is 2.07 bits per heavy atom. The van der Waals surface area contributed by atoms with Gasteiger partial charge in [-0.05, 0) is 18.4 Å². The molecule has 0 fully saturated rings. The molecule has 0 saturated carbocycles. The van der Waals surface area contributed by atoms with Crippen LogP contribution in [0.1, 0.15) is 25.8 Å². The van der Waals surface area contributed by atoms with Crippen LogP contribution in [0.15, 0.2) is 18.2 Å². The van der Waals surface area contributed by atoms with Crippen molar-refractivity contribution in [2.45, 2.75) is 26.1 Å². The van der Waals surface area contributed by atoms with Crippen LogP contribution in [0.5, 0.6) is 5.75 Å². The second-order valence-corrected chi connectivity index (χ2v) is 4.57. The number of para-hydroxylation sites is 1. The molecular weight excluding hydrogens is 231 g/mol. The van der Waals surface area contributed by atoms with E-state index in [0.29, 0.717) is 23.4 Å². The molecule has 0 unspecified atom stereocenters. The highest BCUT2D eigenvalue weighted by atomic mass is 35.5. The summed E-state index contributed by atoms with van der Waals surface area (Å²) in [4.78, 5) is 0. The van der Waals surface area contributed by atoms with E-state index in [1.165, 1.54) is 0 Å². The van der Waals surface area contributed by atoms with Gasteiger partial charge in [0, 0.05) is 5.56 Å². The van der Waals surface area contributed by atoms with E-state index in [-0.39, 0.29) is 0 Å². The number of ether oxygens (including phenoxy) is 1. The first-order valence-electron chi connectivity index (χ1n) is 5.11. The standard InChI is InChI=1S/C12H16Cl2O/c1-9(2)6-7-15-12-10(8-13)4-3-5-11(12)14/h3-5,9H,6-8H2,1-2H3. The fourth-order valence-electron chi connectivity index (χ4n) is 1.22. The topological polar surface area (TPSA) is 9.23 Å². The summed E-state index contributed by atoms with van der Waals surface area (Å²) in [6, 6.07) is 5.64. The summed E-state index contributed by atoms with van der Waals surface area (Å²) in [7, 11) is 0. The summed E-state index contributed by atoms with van der Waals surface area (Å²) in [6.45, 7) is 5.02.